The molecule has 0 heterocycles. The Balaban J connectivity index is 2.38. The predicted octanol–water partition coefficient (Wildman–Crippen LogP) is 2.46. The second-order valence-corrected chi connectivity index (χ2v) is 7.00. The predicted molar refractivity (Wildman–Crippen MR) is 69.7 cm³/mol. The van der Waals surface area contributed by atoms with E-state index >= 15 is 0 Å². The van der Waals surface area contributed by atoms with Gasteiger partial charge in [-0.25, -0.2) is 0 Å². The van der Waals surface area contributed by atoms with Gasteiger partial charge in [-0.15, -0.1) is 0 Å². The smallest absolute Gasteiger partial charge is 0.312 e. The molecule has 0 aromatic rings. The van der Waals surface area contributed by atoms with Crippen LogP contribution in [0.4, 0.5) is 0 Å². The van der Waals surface area contributed by atoms with Gasteiger partial charge < -0.3 is 10.1 Å². The van der Waals surface area contributed by atoms with E-state index in [0.717, 1.165) is 6.54 Å². The maximum atomic E-state index is 11.5. The van der Waals surface area contributed by atoms with E-state index < -0.39 is 5.41 Å². The molecule has 3 nitrogen and oxygen atoms in total. The fourth-order valence-corrected chi connectivity index (χ4v) is 2.72. The van der Waals surface area contributed by atoms with Crippen molar-refractivity contribution < 1.29 is 9.53 Å². The Labute approximate surface area is 105 Å². The van der Waals surface area contributed by atoms with Gasteiger partial charge in [0.1, 0.15) is 0 Å². The van der Waals surface area contributed by atoms with Gasteiger partial charge in [-0.1, -0.05) is 27.7 Å². The minimum atomic E-state index is -0.447. The van der Waals surface area contributed by atoms with E-state index in [0.29, 0.717) is 23.3 Å². The Hall–Kier alpha value is -0.570. The van der Waals surface area contributed by atoms with Crippen LogP contribution < -0.4 is 5.32 Å². The molecule has 0 radical (unpaired) electrons. The van der Waals surface area contributed by atoms with Gasteiger partial charge in [-0.05, 0) is 37.1 Å². The monoisotopic (exact) mass is 241 g/mol. The molecule has 1 N–H and O–H groups in total. The number of hydrogen-bond acceptors (Lipinski definition) is 3. The number of carbonyl (C=O) groups is 1. The third-order valence-electron chi connectivity index (χ3n) is 4.97. The molecule has 17 heavy (non-hydrogen) atoms. The Kier molecular flexibility index (Phi) is 3.64. The van der Waals surface area contributed by atoms with Crippen molar-refractivity contribution in [3.05, 3.63) is 0 Å². The standard InChI is InChI=1S/C14H27NO2/c1-12(2,11(16)17-7)9-15-8-10-13(3,4)14(10,5)6/h10,15H,8-9H2,1-7H3. The second kappa shape index (κ2) is 4.27. The van der Waals surface area contributed by atoms with Crippen LogP contribution in [0, 0.1) is 22.2 Å². The summed E-state index contributed by atoms with van der Waals surface area (Å²) in [4.78, 5) is 11.5. The quantitative estimate of drug-likeness (QED) is 0.751. The summed E-state index contributed by atoms with van der Waals surface area (Å²) >= 11 is 0. The summed E-state index contributed by atoms with van der Waals surface area (Å²) in [5.74, 6) is 0.530. The maximum Gasteiger partial charge on any atom is 0.312 e. The number of rotatable bonds is 5. The van der Waals surface area contributed by atoms with Crippen molar-refractivity contribution in [1.82, 2.24) is 5.32 Å². The minimum absolute atomic E-state index is 0.153. The first-order chi connectivity index (χ1) is 7.57. The van der Waals surface area contributed by atoms with Gasteiger partial charge in [0.25, 0.3) is 0 Å². The topological polar surface area (TPSA) is 38.3 Å². The highest BCUT2D eigenvalue weighted by molar-refractivity contribution is 5.76. The molecular weight excluding hydrogens is 214 g/mol. The lowest BCUT2D eigenvalue weighted by atomic mass is 9.93. The van der Waals surface area contributed by atoms with Crippen LogP contribution in [0.1, 0.15) is 41.5 Å². The summed E-state index contributed by atoms with van der Waals surface area (Å²) in [7, 11) is 1.44. The first-order valence-electron chi connectivity index (χ1n) is 6.36. The average Bonchev–Trinajstić information content (AvgIpc) is 2.59. The molecule has 0 saturated heterocycles. The molecule has 3 heteroatoms. The first kappa shape index (κ1) is 14.5. The molecule has 1 aliphatic carbocycles. The van der Waals surface area contributed by atoms with Crippen molar-refractivity contribution in [2.75, 3.05) is 20.2 Å². The zero-order valence-electron chi connectivity index (χ0n) is 12.3. The van der Waals surface area contributed by atoms with Crippen LogP contribution >= 0.6 is 0 Å². The Morgan fingerprint density at radius 2 is 1.71 bits per heavy atom. The molecule has 0 atom stereocenters. The fourth-order valence-electron chi connectivity index (χ4n) is 2.72. The van der Waals surface area contributed by atoms with Crippen molar-refractivity contribution >= 4 is 5.97 Å². The molecule has 0 aromatic heterocycles. The van der Waals surface area contributed by atoms with Crippen molar-refractivity contribution in [3.8, 4) is 0 Å². The van der Waals surface area contributed by atoms with E-state index in [1.165, 1.54) is 7.11 Å². The number of esters is 1. The van der Waals surface area contributed by atoms with Crippen molar-refractivity contribution in [3.63, 3.8) is 0 Å². The highest BCUT2D eigenvalue weighted by atomic mass is 16.5. The van der Waals surface area contributed by atoms with Gasteiger partial charge in [0.2, 0.25) is 0 Å². The lowest BCUT2D eigenvalue weighted by Gasteiger charge is -2.22. The zero-order valence-corrected chi connectivity index (χ0v) is 12.3. The summed E-state index contributed by atoms with van der Waals surface area (Å²) in [6.45, 7) is 14.7. The van der Waals surface area contributed by atoms with Gasteiger partial charge in [-0.2, -0.15) is 0 Å². The van der Waals surface area contributed by atoms with Crippen LogP contribution in [0.15, 0.2) is 0 Å². The van der Waals surface area contributed by atoms with E-state index in [9.17, 15) is 4.79 Å². The number of methoxy groups -OCH3 is 1. The molecule has 0 bridgehead atoms. The molecule has 100 valence electrons. The minimum Gasteiger partial charge on any atom is -0.469 e. The van der Waals surface area contributed by atoms with E-state index in [-0.39, 0.29) is 5.97 Å². The SMILES string of the molecule is COC(=O)C(C)(C)CNCC1C(C)(C)C1(C)C. The summed E-state index contributed by atoms with van der Waals surface area (Å²) in [6.07, 6.45) is 0. The first-order valence-corrected chi connectivity index (χ1v) is 6.36. The number of carbonyl (C=O) groups excluding carboxylic acids is 1. The molecular formula is C14H27NO2. The molecule has 0 aliphatic heterocycles. The molecule has 1 fully saturated rings. The van der Waals surface area contributed by atoms with Crippen molar-refractivity contribution in [2.45, 2.75) is 41.5 Å². The van der Waals surface area contributed by atoms with Gasteiger partial charge in [-0.3, -0.25) is 4.79 Å². The molecule has 0 unspecified atom stereocenters. The van der Waals surface area contributed by atoms with Crippen molar-refractivity contribution in [2.24, 2.45) is 22.2 Å². The van der Waals surface area contributed by atoms with Crippen LogP contribution in [0.2, 0.25) is 0 Å². The summed E-state index contributed by atoms with van der Waals surface area (Å²) in [5, 5.41) is 3.41. The van der Waals surface area contributed by atoms with E-state index in [4.69, 9.17) is 4.74 Å². The maximum absolute atomic E-state index is 11.5. The molecule has 1 aliphatic rings. The van der Waals surface area contributed by atoms with Crippen molar-refractivity contribution in [1.29, 1.82) is 0 Å². The van der Waals surface area contributed by atoms with Gasteiger partial charge >= 0.3 is 5.97 Å². The largest absolute Gasteiger partial charge is 0.469 e. The molecule has 0 amide bonds. The van der Waals surface area contributed by atoms with Crippen LogP contribution in [-0.4, -0.2) is 26.2 Å². The molecule has 0 aromatic carbocycles. The van der Waals surface area contributed by atoms with Gasteiger partial charge in [0, 0.05) is 6.54 Å². The average molecular weight is 241 g/mol. The van der Waals surface area contributed by atoms with Crippen LogP contribution in [0.3, 0.4) is 0 Å². The highest BCUT2D eigenvalue weighted by Crippen LogP contribution is 2.67. The van der Waals surface area contributed by atoms with Crippen LogP contribution in [0.25, 0.3) is 0 Å². The Bertz CT molecular complexity index is 291. The molecule has 0 spiro atoms. The lowest BCUT2D eigenvalue weighted by molar-refractivity contribution is -0.150. The fraction of sp³-hybridized carbons (Fsp3) is 0.929. The number of ether oxygens (including phenoxy) is 1. The van der Waals surface area contributed by atoms with Crippen LogP contribution in [-0.2, 0) is 9.53 Å². The summed E-state index contributed by atoms with van der Waals surface area (Å²) in [6, 6.07) is 0. The zero-order chi connectivity index (χ0) is 13.5. The Morgan fingerprint density at radius 3 is 2.06 bits per heavy atom. The van der Waals surface area contributed by atoms with E-state index in [1.54, 1.807) is 0 Å². The highest BCUT2D eigenvalue weighted by Gasteiger charge is 2.63. The number of hydrogen-bond donors (Lipinski definition) is 1. The van der Waals surface area contributed by atoms with Gasteiger partial charge in [0.15, 0.2) is 0 Å². The summed E-state index contributed by atoms with van der Waals surface area (Å²) < 4.78 is 4.79. The third-order valence-corrected chi connectivity index (χ3v) is 4.97. The summed E-state index contributed by atoms with van der Waals surface area (Å²) in [5.41, 5.74) is 0.350. The Morgan fingerprint density at radius 1 is 1.24 bits per heavy atom. The van der Waals surface area contributed by atoms with Gasteiger partial charge in [0.05, 0.1) is 12.5 Å². The van der Waals surface area contributed by atoms with E-state index in [2.05, 4.69) is 33.0 Å². The second-order valence-electron chi connectivity index (χ2n) is 7.00. The normalized spacial score (nSPS) is 22.3. The number of nitrogens with one attached hydrogen (secondary N) is 1. The van der Waals surface area contributed by atoms with E-state index in [1.807, 2.05) is 13.8 Å². The van der Waals surface area contributed by atoms with Crippen LogP contribution in [0.5, 0.6) is 0 Å². The third kappa shape index (κ3) is 2.49. The lowest BCUT2D eigenvalue weighted by Crippen LogP contribution is -2.38. The molecule has 1 saturated carbocycles. The molecule has 1 rings (SSSR count).